The van der Waals surface area contributed by atoms with Crippen LogP contribution in [0.3, 0.4) is 0 Å². The molecule has 9 heavy (non-hydrogen) atoms. The fraction of sp³-hybridized carbons (Fsp3) is 0.857. The predicted molar refractivity (Wildman–Crippen MR) is 36.1 cm³/mol. The standard InChI is InChI=1S/C7H14O2/c1-5-6(8)9-7(2,3)4/h5H2,1-4H3/i5D. The summed E-state index contributed by atoms with van der Waals surface area (Å²) >= 11 is 0. The van der Waals surface area contributed by atoms with E-state index in [0.29, 0.717) is 0 Å². The SMILES string of the molecule is [2H]C(C)C(=O)OC(C)(C)C. The molecule has 0 aromatic heterocycles. The molecule has 0 N–H and O–H groups in total. The van der Waals surface area contributed by atoms with Gasteiger partial charge in [0, 0.05) is 7.77 Å². The molecule has 0 aliphatic carbocycles. The van der Waals surface area contributed by atoms with Crippen molar-refractivity contribution in [1.29, 1.82) is 0 Å². The molecule has 1 unspecified atom stereocenters. The van der Waals surface area contributed by atoms with E-state index in [2.05, 4.69) is 0 Å². The Kier molecular flexibility index (Phi) is 2.09. The van der Waals surface area contributed by atoms with Crippen LogP contribution in [-0.4, -0.2) is 11.6 Å². The maximum Gasteiger partial charge on any atom is 0.306 e. The van der Waals surface area contributed by atoms with Crippen LogP contribution < -0.4 is 0 Å². The maximum absolute atomic E-state index is 10.7. The second kappa shape index (κ2) is 2.85. The van der Waals surface area contributed by atoms with Crippen LogP contribution in [0.4, 0.5) is 0 Å². The lowest BCUT2D eigenvalue weighted by atomic mass is 10.2. The van der Waals surface area contributed by atoms with Gasteiger partial charge in [-0.15, -0.1) is 0 Å². The van der Waals surface area contributed by atoms with Gasteiger partial charge < -0.3 is 4.74 Å². The lowest BCUT2D eigenvalue weighted by Gasteiger charge is -2.18. The second-order valence-corrected chi connectivity index (χ2v) is 2.82. The van der Waals surface area contributed by atoms with Crippen LogP contribution in [0.15, 0.2) is 0 Å². The number of rotatable bonds is 1. The van der Waals surface area contributed by atoms with Gasteiger partial charge in [-0.05, 0) is 20.8 Å². The van der Waals surface area contributed by atoms with Crippen LogP contribution in [0, 0.1) is 0 Å². The van der Waals surface area contributed by atoms with E-state index in [4.69, 9.17) is 6.11 Å². The van der Waals surface area contributed by atoms with Crippen molar-refractivity contribution >= 4 is 5.97 Å². The zero-order valence-electron chi connectivity index (χ0n) is 7.39. The minimum absolute atomic E-state index is 0.465. The lowest BCUT2D eigenvalue weighted by Crippen LogP contribution is -2.23. The largest absolute Gasteiger partial charge is 0.460 e. The van der Waals surface area contributed by atoms with Gasteiger partial charge >= 0.3 is 5.97 Å². The first-order valence-corrected chi connectivity index (χ1v) is 2.98. The van der Waals surface area contributed by atoms with Crippen molar-refractivity contribution in [2.45, 2.75) is 39.7 Å². The van der Waals surface area contributed by atoms with Crippen molar-refractivity contribution in [3.8, 4) is 0 Å². The van der Waals surface area contributed by atoms with Crippen molar-refractivity contribution in [3.05, 3.63) is 0 Å². The Hall–Kier alpha value is -0.530. The highest BCUT2D eigenvalue weighted by molar-refractivity contribution is 5.69. The number of ether oxygens (including phenoxy) is 1. The quantitative estimate of drug-likeness (QED) is 0.507. The third kappa shape index (κ3) is 5.34. The third-order valence-corrected chi connectivity index (χ3v) is 0.642. The number of carbonyl (C=O) groups excluding carboxylic acids is 1. The van der Waals surface area contributed by atoms with Crippen LogP contribution >= 0.6 is 0 Å². The third-order valence-electron chi connectivity index (χ3n) is 0.642. The molecular formula is C7H14O2. The van der Waals surface area contributed by atoms with E-state index < -0.39 is 18.0 Å². The van der Waals surface area contributed by atoms with Crippen molar-refractivity contribution < 1.29 is 10.9 Å². The van der Waals surface area contributed by atoms with Crippen LogP contribution in [0.5, 0.6) is 0 Å². The zero-order chi connectivity index (χ0) is 8.36. The van der Waals surface area contributed by atoms with Crippen molar-refractivity contribution in [2.75, 3.05) is 0 Å². The van der Waals surface area contributed by atoms with E-state index in [1.807, 2.05) is 0 Å². The molecule has 1 atom stereocenters. The van der Waals surface area contributed by atoms with Gasteiger partial charge in [0.05, 0.1) is 0 Å². The summed E-state index contributed by atoms with van der Waals surface area (Å²) in [6, 6.07) is 0. The summed E-state index contributed by atoms with van der Waals surface area (Å²) in [4.78, 5) is 10.7. The Labute approximate surface area is 57.6 Å². The van der Waals surface area contributed by atoms with E-state index in [1.54, 1.807) is 20.8 Å². The van der Waals surface area contributed by atoms with E-state index in [9.17, 15) is 4.79 Å². The Bertz CT molecular complexity index is 124. The van der Waals surface area contributed by atoms with Gasteiger partial charge in [-0.25, -0.2) is 0 Å². The average Bonchev–Trinajstić information content (AvgIpc) is 1.60. The van der Waals surface area contributed by atoms with Gasteiger partial charge in [0.25, 0.3) is 0 Å². The van der Waals surface area contributed by atoms with Crippen molar-refractivity contribution in [1.82, 2.24) is 0 Å². The van der Waals surface area contributed by atoms with Crippen molar-refractivity contribution in [3.63, 3.8) is 0 Å². The minimum atomic E-state index is -0.778. The van der Waals surface area contributed by atoms with Gasteiger partial charge in [-0.1, -0.05) is 6.92 Å². The normalized spacial score (nSPS) is 16.2. The summed E-state index contributed by atoms with van der Waals surface area (Å²) in [7, 11) is 0. The van der Waals surface area contributed by atoms with Crippen molar-refractivity contribution in [2.24, 2.45) is 0 Å². The van der Waals surface area contributed by atoms with Crippen LogP contribution in [0.25, 0.3) is 0 Å². The Balaban J connectivity index is 3.81. The molecule has 0 rings (SSSR count). The topological polar surface area (TPSA) is 26.3 Å². The Morgan fingerprint density at radius 2 is 2.11 bits per heavy atom. The summed E-state index contributed by atoms with van der Waals surface area (Å²) in [5, 5.41) is 0. The van der Waals surface area contributed by atoms with Crippen LogP contribution in [0.2, 0.25) is 0 Å². The second-order valence-electron chi connectivity index (χ2n) is 2.82. The van der Waals surface area contributed by atoms with Gasteiger partial charge in [-0.3, -0.25) is 4.79 Å². The molecule has 54 valence electrons. The van der Waals surface area contributed by atoms with Gasteiger partial charge in [0.15, 0.2) is 0 Å². The first-order valence-electron chi connectivity index (χ1n) is 3.56. The summed E-state index contributed by atoms with van der Waals surface area (Å²) in [6.07, 6.45) is -0.778. The monoisotopic (exact) mass is 131 g/mol. The molecule has 0 aromatic rings. The molecule has 0 aliphatic heterocycles. The molecule has 0 amide bonds. The summed E-state index contributed by atoms with van der Waals surface area (Å²) in [6.45, 7) is 6.85. The van der Waals surface area contributed by atoms with E-state index in [1.165, 1.54) is 6.92 Å². The first-order chi connectivity index (χ1) is 4.33. The molecule has 0 fully saturated rings. The van der Waals surface area contributed by atoms with E-state index in [-0.39, 0.29) is 0 Å². The molecular weight excluding hydrogens is 116 g/mol. The fourth-order valence-corrected chi connectivity index (χ4v) is 0.361. The van der Waals surface area contributed by atoms with Crippen LogP contribution in [0.1, 0.15) is 35.5 Å². The summed E-state index contributed by atoms with van der Waals surface area (Å²) in [5.41, 5.74) is -0.466. The average molecular weight is 131 g/mol. The Morgan fingerprint density at radius 1 is 1.67 bits per heavy atom. The number of carbonyl (C=O) groups is 1. The minimum Gasteiger partial charge on any atom is -0.460 e. The van der Waals surface area contributed by atoms with E-state index in [0.717, 1.165) is 0 Å². The number of hydrogen-bond acceptors (Lipinski definition) is 2. The highest BCUT2D eigenvalue weighted by Crippen LogP contribution is 2.07. The number of hydrogen-bond donors (Lipinski definition) is 0. The van der Waals surface area contributed by atoms with Gasteiger partial charge in [-0.2, -0.15) is 0 Å². The van der Waals surface area contributed by atoms with E-state index >= 15 is 0 Å². The molecule has 0 aromatic carbocycles. The zero-order valence-corrected chi connectivity index (χ0v) is 6.39. The van der Waals surface area contributed by atoms with Crippen LogP contribution in [-0.2, 0) is 9.53 Å². The highest BCUT2D eigenvalue weighted by atomic mass is 16.6. The first kappa shape index (κ1) is 6.59. The molecule has 0 saturated heterocycles. The Morgan fingerprint density at radius 3 is 2.22 bits per heavy atom. The van der Waals surface area contributed by atoms with Gasteiger partial charge in [0.2, 0.25) is 0 Å². The maximum atomic E-state index is 10.7. The molecule has 0 saturated carbocycles. The number of esters is 1. The summed E-state index contributed by atoms with van der Waals surface area (Å²) < 4.78 is 11.9. The molecule has 2 heteroatoms. The molecule has 0 bridgehead atoms. The summed E-state index contributed by atoms with van der Waals surface area (Å²) in [5.74, 6) is -0.465. The molecule has 0 heterocycles. The molecule has 0 aliphatic rings. The molecule has 0 spiro atoms. The van der Waals surface area contributed by atoms with Gasteiger partial charge in [0.1, 0.15) is 5.60 Å². The molecule has 2 nitrogen and oxygen atoms in total. The molecule has 0 radical (unpaired) electrons. The fourth-order valence-electron chi connectivity index (χ4n) is 0.361. The predicted octanol–water partition coefficient (Wildman–Crippen LogP) is 1.74. The lowest BCUT2D eigenvalue weighted by molar-refractivity contribution is -0.154. The highest BCUT2D eigenvalue weighted by Gasteiger charge is 2.13. The smallest absolute Gasteiger partial charge is 0.306 e.